The number of H-pyrrole nitrogens is 1. The molecule has 5 rings (SSSR count). The second-order valence-corrected chi connectivity index (χ2v) is 10.8. The third-order valence-electron chi connectivity index (χ3n) is 4.84. The van der Waals surface area contributed by atoms with E-state index in [2.05, 4.69) is 20.3 Å². The summed E-state index contributed by atoms with van der Waals surface area (Å²) in [6, 6.07) is 3.98. The number of thiophene rings is 2. The van der Waals surface area contributed by atoms with Crippen molar-refractivity contribution in [3.63, 3.8) is 0 Å². The van der Waals surface area contributed by atoms with Crippen LogP contribution < -0.4 is 10.9 Å². The third kappa shape index (κ3) is 4.09. The summed E-state index contributed by atoms with van der Waals surface area (Å²) >= 11 is 6.10. The molecule has 30 heavy (non-hydrogen) atoms. The zero-order valence-electron chi connectivity index (χ0n) is 15.9. The fourth-order valence-corrected chi connectivity index (χ4v) is 7.01. The van der Waals surface area contributed by atoms with Gasteiger partial charge in [0.2, 0.25) is 5.91 Å². The number of hydrogen-bond acceptors (Lipinski definition) is 8. The van der Waals surface area contributed by atoms with Gasteiger partial charge in [-0.15, -0.1) is 45.8 Å². The van der Waals surface area contributed by atoms with Crippen molar-refractivity contribution < 1.29 is 4.79 Å². The summed E-state index contributed by atoms with van der Waals surface area (Å²) < 4.78 is 0. The number of nitrogens with one attached hydrogen (secondary N) is 2. The fourth-order valence-electron chi connectivity index (χ4n) is 3.48. The molecule has 0 spiro atoms. The summed E-state index contributed by atoms with van der Waals surface area (Å²) in [4.78, 5) is 40.0. The number of aromatic amines is 1. The van der Waals surface area contributed by atoms with E-state index in [9.17, 15) is 9.59 Å². The van der Waals surface area contributed by atoms with E-state index in [0.717, 1.165) is 33.8 Å². The minimum atomic E-state index is -0.127. The zero-order valence-corrected chi connectivity index (χ0v) is 19.2. The summed E-state index contributed by atoms with van der Waals surface area (Å²) in [5.41, 5.74) is 1.95. The van der Waals surface area contributed by atoms with E-state index in [1.807, 2.05) is 22.9 Å². The van der Waals surface area contributed by atoms with Gasteiger partial charge >= 0.3 is 0 Å². The van der Waals surface area contributed by atoms with Crippen LogP contribution in [0, 0.1) is 0 Å². The van der Waals surface area contributed by atoms with E-state index in [0.29, 0.717) is 22.1 Å². The Morgan fingerprint density at radius 3 is 2.97 bits per heavy atom. The Kier molecular flexibility index (Phi) is 5.72. The maximum Gasteiger partial charge on any atom is 0.260 e. The number of fused-ring (bicyclic) bond motifs is 2. The number of hydrogen-bond donors (Lipinski definition) is 2. The highest BCUT2D eigenvalue weighted by molar-refractivity contribution is 7.99. The van der Waals surface area contributed by atoms with Crippen LogP contribution in [0.25, 0.3) is 20.7 Å². The van der Waals surface area contributed by atoms with Gasteiger partial charge in [0.1, 0.15) is 10.7 Å². The Hall–Kier alpha value is -2.01. The predicted molar refractivity (Wildman–Crippen MR) is 127 cm³/mol. The Morgan fingerprint density at radius 1 is 1.23 bits per heavy atom. The number of carbonyl (C=O) groups excluding carboxylic acids is 1. The number of anilines is 1. The topological polar surface area (TPSA) is 87.7 Å². The lowest BCUT2D eigenvalue weighted by molar-refractivity contribution is -0.113. The number of aromatic nitrogens is 3. The van der Waals surface area contributed by atoms with Gasteiger partial charge in [0.15, 0.2) is 5.13 Å². The van der Waals surface area contributed by atoms with E-state index >= 15 is 0 Å². The van der Waals surface area contributed by atoms with Crippen LogP contribution in [0.1, 0.15) is 29.2 Å². The van der Waals surface area contributed by atoms with Crippen molar-refractivity contribution in [1.82, 2.24) is 15.0 Å². The van der Waals surface area contributed by atoms with Crippen LogP contribution in [-0.2, 0) is 23.4 Å². The minimum absolute atomic E-state index is 0.0781. The van der Waals surface area contributed by atoms with Gasteiger partial charge in [0.05, 0.1) is 22.6 Å². The smallest absolute Gasteiger partial charge is 0.260 e. The molecule has 4 heterocycles. The molecule has 0 saturated heterocycles. The van der Waals surface area contributed by atoms with Crippen molar-refractivity contribution >= 4 is 67.0 Å². The fraction of sp³-hybridized carbons (Fsp3) is 0.300. The molecule has 0 radical (unpaired) electrons. The number of amides is 1. The molecule has 4 aromatic rings. The molecule has 1 aliphatic carbocycles. The van der Waals surface area contributed by atoms with Crippen molar-refractivity contribution in [3.8, 4) is 10.4 Å². The minimum Gasteiger partial charge on any atom is -0.309 e. The van der Waals surface area contributed by atoms with Crippen molar-refractivity contribution in [3.05, 3.63) is 49.6 Å². The molecule has 0 aromatic carbocycles. The van der Waals surface area contributed by atoms with E-state index in [-0.39, 0.29) is 17.2 Å². The third-order valence-corrected chi connectivity index (χ3v) is 8.64. The Balaban J connectivity index is 1.22. The molecule has 6 nitrogen and oxygen atoms in total. The first-order chi connectivity index (χ1) is 14.7. The number of carbonyl (C=O) groups is 1. The zero-order chi connectivity index (χ0) is 20.5. The van der Waals surface area contributed by atoms with Gasteiger partial charge in [0.25, 0.3) is 5.56 Å². The van der Waals surface area contributed by atoms with Crippen molar-refractivity contribution in [2.45, 2.75) is 31.4 Å². The van der Waals surface area contributed by atoms with Gasteiger partial charge in [-0.2, -0.15) is 0 Å². The summed E-state index contributed by atoms with van der Waals surface area (Å²) in [7, 11) is 0. The molecule has 1 aliphatic rings. The van der Waals surface area contributed by atoms with Gasteiger partial charge in [-0.1, -0.05) is 6.07 Å². The normalized spacial score (nSPS) is 13.5. The van der Waals surface area contributed by atoms with Gasteiger partial charge in [0, 0.05) is 20.7 Å². The molecule has 0 fully saturated rings. The van der Waals surface area contributed by atoms with E-state index in [4.69, 9.17) is 0 Å². The quantitative estimate of drug-likeness (QED) is 0.414. The number of thiazole rings is 1. The molecule has 10 heteroatoms. The van der Waals surface area contributed by atoms with Crippen molar-refractivity contribution in [1.29, 1.82) is 0 Å². The highest BCUT2D eigenvalue weighted by Crippen LogP contribution is 2.33. The highest BCUT2D eigenvalue weighted by atomic mass is 32.2. The lowest BCUT2D eigenvalue weighted by atomic mass is 10.0. The average Bonchev–Trinajstić information content (AvgIpc) is 3.46. The van der Waals surface area contributed by atoms with Crippen LogP contribution >= 0.6 is 45.8 Å². The molecule has 0 aliphatic heterocycles. The molecular formula is C20H18N4O2S4. The number of aryl methyl sites for hydroxylation is 2. The first kappa shape index (κ1) is 19.9. The van der Waals surface area contributed by atoms with Crippen LogP contribution in [0.5, 0.6) is 0 Å². The molecular weight excluding hydrogens is 457 g/mol. The van der Waals surface area contributed by atoms with Gasteiger partial charge in [-0.05, 0) is 37.1 Å². The summed E-state index contributed by atoms with van der Waals surface area (Å²) in [5.74, 6) is 1.27. The van der Waals surface area contributed by atoms with Crippen LogP contribution in [-0.4, -0.2) is 26.6 Å². The van der Waals surface area contributed by atoms with E-state index < -0.39 is 0 Å². The first-order valence-corrected chi connectivity index (χ1v) is 13.3. The summed E-state index contributed by atoms with van der Waals surface area (Å²) in [5, 5.41) is 8.22. The number of nitrogens with zero attached hydrogens (tertiary/aromatic N) is 2. The molecule has 0 saturated carbocycles. The Morgan fingerprint density at radius 2 is 2.13 bits per heavy atom. The Labute approximate surface area is 188 Å². The standard InChI is InChI=1S/C20H18N4O2S4/c25-16(24-20-21-12-4-1-2-5-14(12)30-20)10-27-9-15-22-18(26)17-11(8-29-19(17)23-15)13-6-3-7-28-13/h3,6-8H,1-2,4-5,9-10H2,(H,21,24,25)(H,22,23,26). The molecule has 0 unspecified atom stereocenters. The molecule has 0 bridgehead atoms. The van der Waals surface area contributed by atoms with Crippen LogP contribution in [0.15, 0.2) is 27.7 Å². The van der Waals surface area contributed by atoms with Gasteiger partial charge < -0.3 is 10.3 Å². The second kappa shape index (κ2) is 8.62. The van der Waals surface area contributed by atoms with Crippen LogP contribution in [0.4, 0.5) is 5.13 Å². The van der Waals surface area contributed by atoms with Gasteiger partial charge in [-0.3, -0.25) is 9.59 Å². The lowest BCUT2D eigenvalue weighted by Gasteiger charge is -2.06. The molecule has 2 N–H and O–H groups in total. The first-order valence-electron chi connectivity index (χ1n) is 9.58. The second-order valence-electron chi connectivity index (χ2n) is 6.96. The SMILES string of the molecule is O=C(CSCc1nc2scc(-c3cccs3)c2c(=O)[nH]1)Nc1nc2c(s1)CCCC2. The van der Waals surface area contributed by atoms with Gasteiger partial charge in [-0.25, -0.2) is 9.97 Å². The van der Waals surface area contributed by atoms with Crippen LogP contribution in [0.2, 0.25) is 0 Å². The molecule has 154 valence electrons. The summed E-state index contributed by atoms with van der Waals surface area (Å²) in [6.45, 7) is 0. The molecule has 0 atom stereocenters. The van der Waals surface area contributed by atoms with E-state index in [1.54, 1.807) is 22.7 Å². The lowest BCUT2D eigenvalue weighted by Crippen LogP contribution is -2.15. The van der Waals surface area contributed by atoms with Crippen molar-refractivity contribution in [2.24, 2.45) is 0 Å². The Bertz CT molecular complexity index is 1230. The number of rotatable bonds is 6. The van der Waals surface area contributed by atoms with Crippen molar-refractivity contribution in [2.75, 3.05) is 11.1 Å². The maximum absolute atomic E-state index is 12.6. The average molecular weight is 475 g/mol. The molecule has 4 aromatic heterocycles. The van der Waals surface area contributed by atoms with E-state index in [1.165, 1.54) is 40.8 Å². The van der Waals surface area contributed by atoms with Crippen LogP contribution in [0.3, 0.4) is 0 Å². The maximum atomic E-state index is 12.6. The number of thioether (sulfide) groups is 1. The highest BCUT2D eigenvalue weighted by Gasteiger charge is 2.17. The molecule has 1 amide bonds. The predicted octanol–water partition coefficient (Wildman–Crippen LogP) is 4.92. The monoisotopic (exact) mass is 474 g/mol. The summed E-state index contributed by atoms with van der Waals surface area (Å²) in [6.07, 6.45) is 4.45. The largest absolute Gasteiger partial charge is 0.309 e.